The fourth-order valence-corrected chi connectivity index (χ4v) is 1.54. The Morgan fingerprint density at radius 1 is 1.50 bits per heavy atom. The number of nitrogens with one attached hydrogen (secondary N) is 1. The largest absolute Gasteiger partial charge is 0.409 e. The molecular formula is C6H6BBrN2. The molecule has 4 heteroatoms. The highest BCUT2D eigenvalue weighted by atomic mass is 79.9. The normalized spacial score (nSPS) is 20.7. The van der Waals surface area contributed by atoms with Gasteiger partial charge in [-0.05, 0) is 28.2 Å². The van der Waals surface area contributed by atoms with Gasteiger partial charge in [0.2, 0.25) is 0 Å². The summed E-state index contributed by atoms with van der Waals surface area (Å²) >= 11 is 3.42. The fraction of sp³-hybridized carbons (Fsp3) is 0. The Balaban J connectivity index is 2.27. The number of fused-ring (bicyclic) bond motifs is 1. The summed E-state index contributed by atoms with van der Waals surface area (Å²) in [5.41, 5.74) is 0. The van der Waals surface area contributed by atoms with Crippen LogP contribution in [0.3, 0.4) is 0 Å². The molecular weight excluding hydrogens is 191 g/mol. The van der Waals surface area contributed by atoms with Gasteiger partial charge in [0.05, 0.1) is 4.61 Å². The van der Waals surface area contributed by atoms with Gasteiger partial charge in [-0.2, -0.15) is 0 Å². The van der Waals surface area contributed by atoms with Crippen LogP contribution in [0.25, 0.3) is 0 Å². The summed E-state index contributed by atoms with van der Waals surface area (Å²) in [6, 6.07) is 0. The van der Waals surface area contributed by atoms with Crippen molar-refractivity contribution in [3.05, 3.63) is 35.1 Å². The highest BCUT2D eigenvalue weighted by Gasteiger charge is 2.26. The van der Waals surface area contributed by atoms with Crippen molar-refractivity contribution in [2.24, 2.45) is 0 Å². The smallest absolute Gasteiger partial charge is 0.405 e. The van der Waals surface area contributed by atoms with Crippen molar-refractivity contribution >= 4 is 22.9 Å². The summed E-state index contributed by atoms with van der Waals surface area (Å²) in [4.78, 5) is 2.11. The molecule has 0 saturated carbocycles. The van der Waals surface area contributed by atoms with Crippen LogP contribution in [-0.4, -0.2) is 11.8 Å². The van der Waals surface area contributed by atoms with Gasteiger partial charge in [0.1, 0.15) is 0 Å². The molecule has 0 radical (unpaired) electrons. The van der Waals surface area contributed by atoms with Crippen molar-refractivity contribution in [2.75, 3.05) is 0 Å². The average molecular weight is 197 g/mol. The number of nitrogens with zero attached hydrogens (tertiary/aromatic N) is 1. The van der Waals surface area contributed by atoms with Crippen molar-refractivity contribution in [1.82, 2.24) is 10.0 Å². The third kappa shape index (κ3) is 0.796. The van der Waals surface area contributed by atoms with E-state index in [0.29, 0.717) is 6.98 Å². The van der Waals surface area contributed by atoms with Gasteiger partial charge in [0.25, 0.3) is 0 Å². The number of hydrogen-bond acceptors (Lipinski definition) is 2. The van der Waals surface area contributed by atoms with Crippen LogP contribution in [0, 0.1) is 0 Å². The maximum atomic E-state index is 3.42. The van der Waals surface area contributed by atoms with Crippen molar-refractivity contribution in [2.45, 2.75) is 0 Å². The van der Waals surface area contributed by atoms with E-state index in [2.05, 4.69) is 31.9 Å². The molecule has 2 heterocycles. The average Bonchev–Trinajstić information content (AvgIpc) is 2.34. The summed E-state index contributed by atoms with van der Waals surface area (Å²) in [5, 5.41) is 3.19. The van der Waals surface area contributed by atoms with Crippen LogP contribution in [-0.2, 0) is 0 Å². The third-order valence-corrected chi connectivity index (χ3v) is 2.21. The van der Waals surface area contributed by atoms with Crippen LogP contribution in [0.15, 0.2) is 35.1 Å². The molecule has 0 saturated heterocycles. The van der Waals surface area contributed by atoms with E-state index in [-0.39, 0.29) is 0 Å². The predicted molar refractivity (Wildman–Crippen MR) is 46.0 cm³/mol. The lowest BCUT2D eigenvalue weighted by Gasteiger charge is -2.18. The second kappa shape index (κ2) is 2.20. The molecule has 0 spiro atoms. The minimum Gasteiger partial charge on any atom is -0.409 e. The molecule has 0 atom stereocenters. The highest BCUT2D eigenvalue weighted by molar-refractivity contribution is 9.11. The highest BCUT2D eigenvalue weighted by Crippen LogP contribution is 2.20. The molecule has 1 N–H and O–H groups in total. The van der Waals surface area contributed by atoms with E-state index in [1.165, 1.54) is 0 Å². The van der Waals surface area contributed by atoms with Crippen LogP contribution < -0.4 is 5.23 Å². The molecule has 0 unspecified atom stereocenters. The van der Waals surface area contributed by atoms with Crippen molar-refractivity contribution in [3.8, 4) is 0 Å². The molecule has 0 aromatic heterocycles. The molecule has 0 aromatic carbocycles. The van der Waals surface area contributed by atoms with Crippen LogP contribution in [0.4, 0.5) is 0 Å². The summed E-state index contributed by atoms with van der Waals surface area (Å²) in [7, 11) is 0. The maximum Gasteiger partial charge on any atom is 0.405 e. The Hall–Kier alpha value is -0.635. The lowest BCUT2D eigenvalue weighted by molar-refractivity contribution is 0.787. The Morgan fingerprint density at radius 3 is 3.20 bits per heavy atom. The van der Waals surface area contributed by atoms with E-state index in [4.69, 9.17) is 0 Å². The molecule has 0 fully saturated rings. The lowest BCUT2D eigenvalue weighted by Crippen LogP contribution is -2.37. The van der Waals surface area contributed by atoms with Crippen LogP contribution in [0.1, 0.15) is 0 Å². The molecule has 10 heavy (non-hydrogen) atoms. The zero-order valence-corrected chi connectivity index (χ0v) is 6.88. The predicted octanol–water partition coefficient (Wildman–Crippen LogP) is 1.20. The van der Waals surface area contributed by atoms with Crippen molar-refractivity contribution in [1.29, 1.82) is 0 Å². The zero-order chi connectivity index (χ0) is 6.97. The van der Waals surface area contributed by atoms with Gasteiger partial charge in [-0.3, -0.25) is 0 Å². The standard InChI is InChI=1S/C6H6BBrN2/c8-6-5-9-7-3-1-2-4-10(6)7/h1-5,9H. The van der Waals surface area contributed by atoms with Gasteiger partial charge in [0, 0.05) is 6.20 Å². The molecule has 0 aromatic rings. The second-order valence-electron chi connectivity index (χ2n) is 2.21. The number of rotatable bonds is 0. The van der Waals surface area contributed by atoms with Gasteiger partial charge in [0.15, 0.2) is 0 Å². The van der Waals surface area contributed by atoms with Gasteiger partial charge in [-0.25, -0.2) is 0 Å². The molecule has 50 valence electrons. The van der Waals surface area contributed by atoms with Crippen LogP contribution in [0.5, 0.6) is 0 Å². The molecule has 2 aliphatic heterocycles. The maximum absolute atomic E-state index is 3.42. The Labute approximate surface area is 68.5 Å². The van der Waals surface area contributed by atoms with E-state index in [1.807, 2.05) is 24.6 Å². The molecule has 0 aliphatic carbocycles. The van der Waals surface area contributed by atoms with Gasteiger partial charge in [-0.1, -0.05) is 12.1 Å². The summed E-state index contributed by atoms with van der Waals surface area (Å²) in [6.45, 7) is 0.319. The first kappa shape index (κ1) is 6.10. The number of hydrogen-bond donors (Lipinski definition) is 1. The first-order chi connectivity index (χ1) is 4.88. The van der Waals surface area contributed by atoms with Gasteiger partial charge < -0.3 is 10.0 Å². The van der Waals surface area contributed by atoms with E-state index < -0.39 is 0 Å². The fourth-order valence-electron chi connectivity index (χ4n) is 1.07. The van der Waals surface area contributed by atoms with Gasteiger partial charge >= 0.3 is 6.98 Å². The lowest BCUT2D eigenvalue weighted by atomic mass is 9.74. The van der Waals surface area contributed by atoms with Crippen molar-refractivity contribution < 1.29 is 0 Å². The summed E-state index contributed by atoms with van der Waals surface area (Å²) in [5.74, 6) is 2.10. The zero-order valence-electron chi connectivity index (χ0n) is 5.29. The molecule has 2 rings (SSSR count). The summed E-state index contributed by atoms with van der Waals surface area (Å²) < 4.78 is 1.08. The molecule has 0 bridgehead atoms. The van der Waals surface area contributed by atoms with E-state index in [9.17, 15) is 0 Å². The van der Waals surface area contributed by atoms with Crippen LogP contribution in [0.2, 0.25) is 0 Å². The van der Waals surface area contributed by atoms with Crippen LogP contribution >= 0.6 is 15.9 Å². The quantitative estimate of drug-likeness (QED) is 0.463. The Bertz CT molecular complexity index is 234. The second-order valence-corrected chi connectivity index (χ2v) is 3.02. The number of allylic oxidation sites excluding steroid dienone is 2. The number of halogens is 1. The Morgan fingerprint density at radius 2 is 2.40 bits per heavy atom. The first-order valence-corrected chi connectivity index (χ1v) is 3.92. The topological polar surface area (TPSA) is 15.3 Å². The first-order valence-electron chi connectivity index (χ1n) is 3.13. The molecule has 0 amide bonds. The van der Waals surface area contributed by atoms with Crippen molar-refractivity contribution in [3.63, 3.8) is 0 Å². The minimum atomic E-state index is 0.319. The third-order valence-electron chi connectivity index (χ3n) is 1.57. The molecule has 2 nitrogen and oxygen atoms in total. The Kier molecular flexibility index (Phi) is 1.34. The SMILES string of the molecule is BrC1=CNB2C=CC=CN21. The monoisotopic (exact) mass is 196 g/mol. The minimum absolute atomic E-state index is 0.319. The van der Waals surface area contributed by atoms with E-state index in [0.717, 1.165) is 4.61 Å². The van der Waals surface area contributed by atoms with E-state index in [1.54, 1.807) is 0 Å². The van der Waals surface area contributed by atoms with Gasteiger partial charge in [-0.15, -0.1) is 0 Å². The summed E-state index contributed by atoms with van der Waals surface area (Å²) in [6.07, 6.45) is 8.03. The molecule has 2 aliphatic rings. The van der Waals surface area contributed by atoms with E-state index >= 15 is 0 Å².